The number of rotatable bonds is 2. The van der Waals surface area contributed by atoms with Gasteiger partial charge in [-0.2, -0.15) is 0 Å². The monoisotopic (exact) mass is 334 g/mol. The third-order valence-corrected chi connectivity index (χ3v) is 4.14. The summed E-state index contributed by atoms with van der Waals surface area (Å²) in [6.45, 7) is 0. The van der Waals surface area contributed by atoms with Gasteiger partial charge >= 0.3 is 0 Å². The molecule has 0 spiro atoms. The van der Waals surface area contributed by atoms with Gasteiger partial charge in [0.15, 0.2) is 23.0 Å². The molecule has 0 aliphatic carbocycles. The van der Waals surface area contributed by atoms with Crippen LogP contribution in [0.2, 0.25) is 0 Å². The molecule has 25 heavy (non-hydrogen) atoms. The molecule has 0 heterocycles. The standard InChI is InChI=1S/C20H14O5/c21-15-9-17(19(23)13-7-3-1-5-11(13)15)25-18-10-16(22)12-6-2-4-8-14(12)20(18)24/h1-10,21-24H. The number of ether oxygens (including phenoxy) is 1. The fourth-order valence-corrected chi connectivity index (χ4v) is 2.91. The molecule has 4 N–H and O–H groups in total. The summed E-state index contributed by atoms with van der Waals surface area (Å²) >= 11 is 0. The second kappa shape index (κ2) is 5.49. The van der Waals surface area contributed by atoms with Crippen LogP contribution in [0.1, 0.15) is 0 Å². The van der Waals surface area contributed by atoms with Crippen molar-refractivity contribution in [1.29, 1.82) is 0 Å². The Morgan fingerprint density at radius 1 is 0.520 bits per heavy atom. The van der Waals surface area contributed by atoms with Crippen LogP contribution in [0.5, 0.6) is 34.5 Å². The van der Waals surface area contributed by atoms with Crippen molar-refractivity contribution in [1.82, 2.24) is 0 Å². The maximum absolute atomic E-state index is 10.4. The van der Waals surface area contributed by atoms with Crippen molar-refractivity contribution in [3.63, 3.8) is 0 Å². The summed E-state index contributed by atoms with van der Waals surface area (Å²) < 4.78 is 5.60. The minimum absolute atomic E-state index is 0.0267. The van der Waals surface area contributed by atoms with Crippen LogP contribution in [-0.2, 0) is 0 Å². The van der Waals surface area contributed by atoms with E-state index >= 15 is 0 Å². The van der Waals surface area contributed by atoms with Gasteiger partial charge in [-0.25, -0.2) is 0 Å². The molecular formula is C20H14O5. The highest BCUT2D eigenvalue weighted by molar-refractivity contribution is 5.96. The SMILES string of the molecule is Oc1cc(Oc2cc(O)c3ccccc3c2O)c(O)c2ccccc12. The third-order valence-electron chi connectivity index (χ3n) is 4.14. The van der Waals surface area contributed by atoms with E-state index < -0.39 is 0 Å². The quantitative estimate of drug-likeness (QED) is 0.402. The first-order valence-corrected chi connectivity index (χ1v) is 7.61. The Labute approximate surface area is 142 Å². The Bertz CT molecular complexity index is 1030. The lowest BCUT2D eigenvalue weighted by Crippen LogP contribution is -1.89. The number of phenolic OH excluding ortho intramolecular Hbond substituents is 4. The summed E-state index contributed by atoms with van der Waals surface area (Å²) in [4.78, 5) is 0. The molecule has 5 nitrogen and oxygen atoms in total. The Morgan fingerprint density at radius 2 is 0.880 bits per heavy atom. The molecule has 0 unspecified atom stereocenters. The Kier molecular flexibility index (Phi) is 3.28. The van der Waals surface area contributed by atoms with Crippen LogP contribution in [0.3, 0.4) is 0 Å². The Balaban J connectivity index is 1.89. The van der Waals surface area contributed by atoms with Crippen molar-refractivity contribution in [3.05, 3.63) is 60.7 Å². The largest absolute Gasteiger partial charge is 0.507 e. The second-order valence-corrected chi connectivity index (χ2v) is 5.68. The molecule has 0 fully saturated rings. The van der Waals surface area contributed by atoms with E-state index in [4.69, 9.17) is 4.74 Å². The number of hydrogen-bond acceptors (Lipinski definition) is 5. The van der Waals surface area contributed by atoms with Gasteiger partial charge in [0.05, 0.1) is 0 Å². The maximum atomic E-state index is 10.4. The Hall–Kier alpha value is -3.60. The van der Waals surface area contributed by atoms with Crippen LogP contribution in [0.25, 0.3) is 21.5 Å². The summed E-state index contributed by atoms with van der Waals surface area (Å²) in [5.74, 6) is -0.510. The van der Waals surface area contributed by atoms with Gasteiger partial charge in [-0.3, -0.25) is 0 Å². The lowest BCUT2D eigenvalue weighted by molar-refractivity contribution is 0.383. The molecule has 0 aromatic heterocycles. The zero-order chi connectivity index (χ0) is 17.6. The van der Waals surface area contributed by atoms with Crippen LogP contribution in [0.15, 0.2) is 60.7 Å². The fourth-order valence-electron chi connectivity index (χ4n) is 2.91. The lowest BCUT2D eigenvalue weighted by Gasteiger charge is -2.14. The number of aromatic hydroxyl groups is 4. The van der Waals surface area contributed by atoms with E-state index in [0.29, 0.717) is 21.5 Å². The van der Waals surface area contributed by atoms with Crippen molar-refractivity contribution >= 4 is 21.5 Å². The lowest BCUT2D eigenvalue weighted by atomic mass is 10.1. The van der Waals surface area contributed by atoms with Crippen molar-refractivity contribution in [3.8, 4) is 34.5 Å². The average molecular weight is 334 g/mol. The zero-order valence-corrected chi connectivity index (χ0v) is 13.0. The third kappa shape index (κ3) is 2.33. The van der Waals surface area contributed by atoms with Gasteiger partial charge in [0.2, 0.25) is 0 Å². The van der Waals surface area contributed by atoms with Gasteiger partial charge in [-0.05, 0) is 0 Å². The van der Waals surface area contributed by atoms with E-state index in [9.17, 15) is 20.4 Å². The number of hydrogen-bond donors (Lipinski definition) is 4. The van der Waals surface area contributed by atoms with Crippen molar-refractivity contribution < 1.29 is 25.2 Å². The molecule has 5 heteroatoms. The molecule has 124 valence electrons. The molecule has 4 rings (SSSR count). The van der Waals surface area contributed by atoms with E-state index in [-0.39, 0.29) is 34.5 Å². The van der Waals surface area contributed by atoms with E-state index in [1.807, 2.05) is 0 Å². The molecular weight excluding hydrogens is 320 g/mol. The minimum atomic E-state index is -0.166. The number of fused-ring (bicyclic) bond motifs is 2. The fraction of sp³-hybridized carbons (Fsp3) is 0. The Morgan fingerprint density at radius 3 is 1.28 bits per heavy atom. The van der Waals surface area contributed by atoms with Crippen LogP contribution in [0, 0.1) is 0 Å². The molecule has 0 atom stereocenters. The predicted molar refractivity (Wildman–Crippen MR) is 94.6 cm³/mol. The summed E-state index contributed by atoms with van der Waals surface area (Å²) in [5, 5.41) is 43.0. The van der Waals surface area contributed by atoms with Crippen LogP contribution in [-0.4, -0.2) is 20.4 Å². The van der Waals surface area contributed by atoms with Gasteiger partial charge in [0, 0.05) is 33.7 Å². The first kappa shape index (κ1) is 15.0. The van der Waals surface area contributed by atoms with Crippen LogP contribution in [0.4, 0.5) is 0 Å². The van der Waals surface area contributed by atoms with Crippen molar-refractivity contribution in [2.45, 2.75) is 0 Å². The zero-order valence-electron chi connectivity index (χ0n) is 13.0. The minimum Gasteiger partial charge on any atom is -0.507 e. The molecule has 4 aromatic rings. The molecule has 0 radical (unpaired) electrons. The molecule has 4 aromatic carbocycles. The first-order chi connectivity index (χ1) is 12.1. The predicted octanol–water partition coefficient (Wildman–Crippen LogP) is 4.61. The van der Waals surface area contributed by atoms with Gasteiger partial charge in [0.1, 0.15) is 11.5 Å². The number of phenols is 4. The number of benzene rings is 4. The van der Waals surface area contributed by atoms with Gasteiger partial charge < -0.3 is 25.2 Å². The smallest absolute Gasteiger partial charge is 0.173 e. The van der Waals surface area contributed by atoms with Crippen LogP contribution >= 0.6 is 0 Å². The molecule has 0 bridgehead atoms. The molecule has 0 saturated carbocycles. The average Bonchev–Trinajstić information content (AvgIpc) is 2.64. The summed E-state index contributed by atoms with van der Waals surface area (Å²) in [6.07, 6.45) is 0. The maximum Gasteiger partial charge on any atom is 0.173 e. The van der Waals surface area contributed by atoms with Gasteiger partial charge in [-0.15, -0.1) is 0 Å². The van der Waals surface area contributed by atoms with E-state index in [1.54, 1.807) is 48.5 Å². The van der Waals surface area contributed by atoms with Crippen LogP contribution < -0.4 is 4.74 Å². The summed E-state index contributed by atoms with van der Waals surface area (Å²) in [5.41, 5.74) is 0. The normalized spacial score (nSPS) is 11.0. The van der Waals surface area contributed by atoms with E-state index in [0.717, 1.165) is 0 Å². The van der Waals surface area contributed by atoms with Gasteiger partial charge in [-0.1, -0.05) is 48.5 Å². The highest BCUT2D eigenvalue weighted by atomic mass is 16.5. The molecule has 0 aliphatic heterocycles. The van der Waals surface area contributed by atoms with Crippen molar-refractivity contribution in [2.75, 3.05) is 0 Å². The summed E-state index contributed by atoms with van der Waals surface area (Å²) in [6, 6.07) is 16.1. The van der Waals surface area contributed by atoms with Crippen molar-refractivity contribution in [2.24, 2.45) is 0 Å². The van der Waals surface area contributed by atoms with Gasteiger partial charge in [0.25, 0.3) is 0 Å². The van der Waals surface area contributed by atoms with E-state index in [2.05, 4.69) is 0 Å². The van der Waals surface area contributed by atoms with E-state index in [1.165, 1.54) is 12.1 Å². The first-order valence-electron chi connectivity index (χ1n) is 7.61. The second-order valence-electron chi connectivity index (χ2n) is 5.68. The topological polar surface area (TPSA) is 90.2 Å². The highest BCUT2D eigenvalue weighted by Gasteiger charge is 2.17. The highest BCUT2D eigenvalue weighted by Crippen LogP contribution is 2.46. The summed E-state index contributed by atoms with van der Waals surface area (Å²) in [7, 11) is 0. The molecule has 0 aliphatic rings. The molecule has 0 amide bonds. The molecule has 0 saturated heterocycles.